The lowest BCUT2D eigenvalue weighted by Crippen LogP contribution is -2.46. The first-order chi connectivity index (χ1) is 34.9. The molecule has 0 aromatic rings. The van der Waals surface area contributed by atoms with E-state index in [-0.39, 0.29) is 0 Å². The predicted octanol–water partition coefficient (Wildman–Crippen LogP) is 11.1. The summed E-state index contributed by atoms with van der Waals surface area (Å²) >= 11 is 0. The average Bonchev–Trinajstić information content (AvgIpc) is 3.55. The number of hydrogen-bond acceptors (Lipinski definition) is 11. The Bertz CT molecular complexity index is 1060. The van der Waals surface area contributed by atoms with Gasteiger partial charge in [0.25, 0.3) is 0 Å². The molecule has 0 amide bonds. The molecule has 0 aliphatic carbocycles. The summed E-state index contributed by atoms with van der Waals surface area (Å²) in [5, 5.41) is 6.72. The minimum Gasteiger partial charge on any atom is -0.379 e. The molecule has 0 aromatic carbocycles. The molecule has 8 rings (SSSR count). The number of morpholine rings is 1. The largest absolute Gasteiger partial charge is 0.379 e. The van der Waals surface area contributed by atoms with E-state index < -0.39 is 0 Å². The van der Waals surface area contributed by atoms with Crippen LogP contribution in [0.3, 0.4) is 0 Å². The maximum Gasteiger partial charge on any atom is 0.0594 e. The zero-order chi connectivity index (χ0) is 54.2. The minimum atomic E-state index is 0.689. The van der Waals surface area contributed by atoms with Crippen molar-refractivity contribution in [2.45, 2.75) is 262 Å². The lowest BCUT2D eigenvalue weighted by atomic mass is 10.1. The summed E-state index contributed by atoms with van der Waals surface area (Å²) in [7, 11) is 0. The third kappa shape index (κ3) is 37.1. The van der Waals surface area contributed by atoms with Crippen LogP contribution in [0.15, 0.2) is 0 Å². The van der Waals surface area contributed by atoms with E-state index in [4.69, 9.17) is 4.74 Å². The second-order valence-corrected chi connectivity index (χ2v) is 24.8. The van der Waals surface area contributed by atoms with E-state index in [9.17, 15) is 0 Å². The molecule has 2 N–H and O–H groups in total. The van der Waals surface area contributed by atoms with Crippen LogP contribution >= 0.6 is 0 Å². The van der Waals surface area contributed by atoms with Crippen LogP contribution in [0, 0.1) is 0 Å². The number of nitrogens with zero attached hydrogens (tertiary/aromatic N) is 8. The van der Waals surface area contributed by atoms with Gasteiger partial charge in [0.1, 0.15) is 0 Å². The van der Waals surface area contributed by atoms with Crippen LogP contribution in [0.4, 0.5) is 0 Å². The van der Waals surface area contributed by atoms with Gasteiger partial charge in [-0.05, 0) is 254 Å². The molecule has 0 bridgehead atoms. The highest BCUT2D eigenvalue weighted by atomic mass is 16.5. The molecule has 438 valence electrons. The van der Waals surface area contributed by atoms with Crippen LogP contribution in [-0.2, 0) is 4.74 Å². The summed E-state index contributed by atoms with van der Waals surface area (Å²) in [6.45, 7) is 63.3. The zero-order valence-electron chi connectivity index (χ0n) is 52.5. The molecule has 0 radical (unpaired) electrons. The fraction of sp³-hybridized carbons (Fsp3) is 1.00. The summed E-state index contributed by atoms with van der Waals surface area (Å²) in [5.74, 6) is 0. The summed E-state index contributed by atoms with van der Waals surface area (Å²) in [6, 6.07) is 5.99. The highest BCUT2D eigenvalue weighted by Crippen LogP contribution is 2.15. The number of likely N-dealkylation sites (tertiary alicyclic amines) is 5. The molecule has 8 aliphatic rings. The zero-order valence-corrected chi connectivity index (χ0v) is 52.5. The van der Waals surface area contributed by atoms with Crippen molar-refractivity contribution < 1.29 is 4.74 Å². The van der Waals surface area contributed by atoms with Crippen LogP contribution in [-0.4, -0.2) is 232 Å². The van der Waals surface area contributed by atoms with Crippen molar-refractivity contribution in [3.63, 3.8) is 0 Å². The fourth-order valence-corrected chi connectivity index (χ4v) is 10.6. The van der Waals surface area contributed by atoms with Gasteiger partial charge in [-0.1, -0.05) is 38.5 Å². The van der Waals surface area contributed by atoms with E-state index in [0.717, 1.165) is 88.2 Å². The van der Waals surface area contributed by atoms with Crippen LogP contribution < -0.4 is 10.6 Å². The van der Waals surface area contributed by atoms with Crippen molar-refractivity contribution >= 4 is 0 Å². The Morgan fingerprint density at radius 3 is 0.658 bits per heavy atom. The topological polar surface area (TPSA) is 59.2 Å². The molecular weight excluding hydrogens is 901 g/mol. The Kier molecular flexibility index (Phi) is 43.9. The first kappa shape index (κ1) is 70.6. The Morgan fingerprint density at radius 1 is 0.205 bits per heavy atom. The van der Waals surface area contributed by atoms with E-state index in [1.165, 1.54) is 201 Å². The van der Waals surface area contributed by atoms with Gasteiger partial charge in [-0.2, -0.15) is 0 Å². The van der Waals surface area contributed by atoms with Crippen molar-refractivity contribution in [2.24, 2.45) is 0 Å². The van der Waals surface area contributed by atoms with Crippen LogP contribution in [0.25, 0.3) is 0 Å². The second-order valence-electron chi connectivity index (χ2n) is 24.8. The van der Waals surface area contributed by atoms with Gasteiger partial charge in [-0.3, -0.25) is 14.7 Å². The third-order valence-electron chi connectivity index (χ3n) is 16.4. The lowest BCUT2D eigenvalue weighted by molar-refractivity contribution is 0.0238. The minimum absolute atomic E-state index is 0.689. The number of rotatable bonds is 8. The predicted molar refractivity (Wildman–Crippen MR) is 324 cm³/mol. The molecule has 11 heteroatoms. The van der Waals surface area contributed by atoms with E-state index >= 15 is 0 Å². The first-order valence-corrected chi connectivity index (χ1v) is 31.9. The van der Waals surface area contributed by atoms with Crippen LogP contribution in [0.1, 0.15) is 214 Å². The van der Waals surface area contributed by atoms with Crippen molar-refractivity contribution in [3.05, 3.63) is 0 Å². The Morgan fingerprint density at radius 2 is 0.397 bits per heavy atom. The maximum atomic E-state index is 5.21. The van der Waals surface area contributed by atoms with Gasteiger partial charge in [-0.15, -0.1) is 0 Å². The molecule has 8 fully saturated rings. The van der Waals surface area contributed by atoms with Gasteiger partial charge in [0.2, 0.25) is 0 Å². The number of ether oxygens (including phenoxy) is 1. The maximum absolute atomic E-state index is 5.21. The van der Waals surface area contributed by atoms with Crippen molar-refractivity contribution in [1.82, 2.24) is 49.8 Å². The standard InChI is InChI=1S/C10H21N.C9H19N.C8H18N2.C8H17N.C7H16N2.C7H15NO.C7H15N.C6H13N/c1-10(2)11-8-6-4-3-5-7-9-11;1-9(2)10-7-5-3-4-6-8-10;1-8(2)10-6-3-4-9-5-7-10;1-8(2)9-6-4-3-5-7-9;1-7(2)9-5-3-8-4-6-9;1-7(2)8-3-5-9-6-4-8;1-7(2)8-5-3-4-6-8;1-6(2)7-4-3-5-7/h10H,3-9H2,1-2H3;9H,3-8H2,1-2H3;8-9H,3-7H2,1-2H3;8H,3-7H2,1-2H3;7-8H,3-6H2,1-2H3;7H,3-6H2,1-2H3;7H,3-6H2,1-2H3;6H,3-5H2,1-2H3. The van der Waals surface area contributed by atoms with Crippen LogP contribution in [0.2, 0.25) is 0 Å². The van der Waals surface area contributed by atoms with Crippen LogP contribution in [0.5, 0.6) is 0 Å². The Hall–Kier alpha value is -0.440. The molecule has 0 atom stereocenters. The van der Waals surface area contributed by atoms with E-state index in [0.29, 0.717) is 6.04 Å². The molecule has 0 aromatic heterocycles. The summed E-state index contributed by atoms with van der Waals surface area (Å²) in [5.41, 5.74) is 0. The number of piperazine rings is 1. The Labute approximate surface area is 458 Å². The van der Waals surface area contributed by atoms with Crippen molar-refractivity contribution in [2.75, 3.05) is 144 Å². The normalized spacial score (nSPS) is 23.0. The molecule has 73 heavy (non-hydrogen) atoms. The summed E-state index contributed by atoms with van der Waals surface area (Å²) in [6.07, 6.45) is 22.7. The summed E-state index contributed by atoms with van der Waals surface area (Å²) in [4.78, 5) is 20.2. The lowest BCUT2D eigenvalue weighted by Gasteiger charge is -2.34. The van der Waals surface area contributed by atoms with Gasteiger partial charge in [0.15, 0.2) is 0 Å². The number of piperidine rings is 1. The molecule has 11 nitrogen and oxygen atoms in total. The second kappa shape index (κ2) is 45.4. The fourth-order valence-electron chi connectivity index (χ4n) is 10.6. The SMILES string of the molecule is CC(C)N1CCC1.CC(C)N1CCCC1.CC(C)N1CCCCC1.CC(C)N1CCCCCC1.CC(C)N1CCCCCCC1.CC(C)N1CCCNCC1.CC(C)N1CCNCC1.CC(C)N1CCOCC1. The highest BCUT2D eigenvalue weighted by molar-refractivity contribution is 4.74. The van der Waals surface area contributed by atoms with Gasteiger partial charge in [0, 0.05) is 101 Å². The molecule has 8 aliphatic heterocycles. The molecule has 8 saturated heterocycles. The van der Waals surface area contributed by atoms with Crippen molar-refractivity contribution in [1.29, 1.82) is 0 Å². The van der Waals surface area contributed by atoms with Gasteiger partial charge in [0.05, 0.1) is 13.2 Å². The van der Waals surface area contributed by atoms with Gasteiger partial charge >= 0.3 is 0 Å². The Balaban J connectivity index is 0.000000418. The molecule has 0 saturated carbocycles. The molecule has 8 heterocycles. The number of nitrogens with one attached hydrogen (secondary N) is 2. The highest BCUT2D eigenvalue weighted by Gasteiger charge is 2.17. The third-order valence-corrected chi connectivity index (χ3v) is 16.4. The van der Waals surface area contributed by atoms with Gasteiger partial charge in [-0.25, -0.2) is 0 Å². The van der Waals surface area contributed by atoms with Crippen molar-refractivity contribution in [3.8, 4) is 0 Å². The smallest absolute Gasteiger partial charge is 0.0594 e. The molecule has 0 spiro atoms. The van der Waals surface area contributed by atoms with E-state index in [1.807, 2.05) is 0 Å². The monoisotopic (exact) mass is 1040 g/mol. The van der Waals surface area contributed by atoms with Gasteiger partial charge < -0.3 is 39.9 Å². The summed E-state index contributed by atoms with van der Waals surface area (Å²) < 4.78 is 5.21. The molecular formula is C62H134N10O. The van der Waals surface area contributed by atoms with E-state index in [2.05, 4.69) is 161 Å². The first-order valence-electron chi connectivity index (χ1n) is 31.9. The quantitative estimate of drug-likeness (QED) is 0.244. The number of hydrogen-bond donors (Lipinski definition) is 2. The molecule has 0 unspecified atom stereocenters. The van der Waals surface area contributed by atoms with E-state index in [1.54, 1.807) is 0 Å². The average molecular weight is 1040 g/mol.